The highest BCUT2D eigenvalue weighted by Gasteiger charge is 2.54. The van der Waals surface area contributed by atoms with E-state index in [0.29, 0.717) is 50.5 Å². The van der Waals surface area contributed by atoms with E-state index in [9.17, 15) is 13.2 Å². The third-order valence-electron chi connectivity index (χ3n) is 5.53. The number of rotatable bonds is 6. The van der Waals surface area contributed by atoms with Crippen LogP contribution in [0.15, 0.2) is 4.63 Å². The van der Waals surface area contributed by atoms with E-state index in [1.807, 2.05) is 7.05 Å². The minimum atomic E-state index is -3.37. The second-order valence-electron chi connectivity index (χ2n) is 7.53. The lowest BCUT2D eigenvalue weighted by Gasteiger charge is -2.52. The first-order chi connectivity index (χ1) is 14.2. The number of aryl methyl sites for hydroxylation is 1. The number of piperidine rings is 2. The Morgan fingerprint density at radius 1 is 1.40 bits per heavy atom. The number of likely N-dealkylation sites (tertiary alicyclic amines) is 1. The van der Waals surface area contributed by atoms with Crippen molar-refractivity contribution in [1.29, 1.82) is 0 Å². The van der Waals surface area contributed by atoms with Crippen molar-refractivity contribution in [2.45, 2.75) is 32.2 Å². The topological polar surface area (TPSA) is 155 Å². The molecule has 12 nitrogen and oxygen atoms in total. The lowest BCUT2D eigenvalue weighted by Crippen LogP contribution is -2.66. The van der Waals surface area contributed by atoms with Gasteiger partial charge in [-0.1, -0.05) is 5.16 Å². The van der Waals surface area contributed by atoms with Gasteiger partial charge in [-0.2, -0.15) is 4.31 Å². The van der Waals surface area contributed by atoms with Gasteiger partial charge in [0.25, 0.3) is 12.4 Å². The summed E-state index contributed by atoms with van der Waals surface area (Å²) in [5, 5.41) is 17.1. The zero-order chi connectivity index (χ0) is 22.4. The van der Waals surface area contributed by atoms with Crippen LogP contribution in [0.5, 0.6) is 5.88 Å². The van der Waals surface area contributed by atoms with Crippen LogP contribution in [0.25, 0.3) is 0 Å². The first-order valence-corrected chi connectivity index (χ1v) is 11.4. The molecule has 2 aliphatic heterocycles. The van der Waals surface area contributed by atoms with E-state index in [-0.39, 0.29) is 25.0 Å². The molecule has 170 valence electrons. The van der Waals surface area contributed by atoms with Crippen molar-refractivity contribution in [2.24, 2.45) is 5.41 Å². The van der Waals surface area contributed by atoms with Crippen LogP contribution in [0, 0.1) is 12.3 Å². The Balaban J connectivity index is 0.00000101. The van der Waals surface area contributed by atoms with Gasteiger partial charge in [0, 0.05) is 13.1 Å². The minimum Gasteiger partial charge on any atom is -0.483 e. The fourth-order valence-electron chi connectivity index (χ4n) is 4.10. The Hall–Kier alpha value is -2.25. The Bertz CT molecular complexity index is 830. The molecule has 3 rings (SSSR count). The molecule has 0 radical (unpaired) electrons. The molecule has 2 atom stereocenters. The maximum absolute atomic E-state index is 13.1. The number of fused-ring (bicyclic) bond motifs is 1. The van der Waals surface area contributed by atoms with Gasteiger partial charge in [-0.3, -0.25) is 9.59 Å². The highest BCUT2D eigenvalue weighted by Crippen LogP contribution is 2.43. The van der Waals surface area contributed by atoms with Crippen molar-refractivity contribution in [3.63, 3.8) is 0 Å². The number of hydrogen-bond donors (Lipinski definition) is 2. The Morgan fingerprint density at radius 3 is 2.70 bits per heavy atom. The van der Waals surface area contributed by atoms with E-state index < -0.39 is 15.4 Å². The monoisotopic (exact) mass is 447 g/mol. The summed E-state index contributed by atoms with van der Waals surface area (Å²) in [5.41, 5.74) is -0.148. The van der Waals surface area contributed by atoms with E-state index in [4.69, 9.17) is 14.6 Å². The molecule has 0 unspecified atom stereocenters. The van der Waals surface area contributed by atoms with Crippen LogP contribution in [0.3, 0.4) is 0 Å². The van der Waals surface area contributed by atoms with E-state index in [2.05, 4.69) is 25.2 Å². The van der Waals surface area contributed by atoms with Gasteiger partial charge < -0.3 is 20.1 Å². The Labute approximate surface area is 175 Å². The average molecular weight is 448 g/mol. The van der Waals surface area contributed by atoms with Crippen LogP contribution in [-0.4, -0.2) is 97.6 Å². The number of likely N-dealkylation sites (N-methyl/N-ethyl adjacent to an activating group) is 1. The van der Waals surface area contributed by atoms with Gasteiger partial charge >= 0.3 is 0 Å². The molecule has 3 heterocycles. The molecule has 2 fully saturated rings. The number of carbonyl (C=O) groups is 2. The number of nitrogens with zero attached hydrogens (tertiary/aromatic N) is 4. The van der Waals surface area contributed by atoms with Crippen molar-refractivity contribution in [3.8, 4) is 5.88 Å². The highest BCUT2D eigenvalue weighted by molar-refractivity contribution is 7.88. The summed E-state index contributed by atoms with van der Waals surface area (Å²) in [6.07, 6.45) is 3.23. The van der Waals surface area contributed by atoms with Gasteiger partial charge in [-0.15, -0.1) is 0 Å². The maximum Gasteiger partial charge on any atom is 0.290 e. The van der Waals surface area contributed by atoms with Crippen LogP contribution in [0.4, 0.5) is 0 Å². The van der Waals surface area contributed by atoms with Crippen LogP contribution in [0.1, 0.15) is 25.0 Å². The molecule has 30 heavy (non-hydrogen) atoms. The quantitative estimate of drug-likeness (QED) is 0.423. The number of sulfonamides is 1. The Kier molecular flexibility index (Phi) is 8.15. The summed E-state index contributed by atoms with van der Waals surface area (Å²) >= 11 is 0. The fourth-order valence-corrected chi connectivity index (χ4v) is 5.29. The molecule has 0 aromatic carbocycles. The number of carbonyl (C=O) groups excluding carboxylic acids is 1. The molecule has 0 saturated carbocycles. The van der Waals surface area contributed by atoms with Gasteiger partial charge in [0.15, 0.2) is 0 Å². The predicted octanol–water partition coefficient (Wildman–Crippen LogP) is -0.680. The summed E-state index contributed by atoms with van der Waals surface area (Å²) in [6.45, 7) is 3.79. The minimum absolute atomic E-state index is 0.104. The first kappa shape index (κ1) is 24.0. The molecule has 2 saturated heterocycles. The van der Waals surface area contributed by atoms with Crippen LogP contribution in [-0.2, 0) is 19.6 Å². The second-order valence-corrected chi connectivity index (χ2v) is 9.46. The van der Waals surface area contributed by atoms with Gasteiger partial charge in [0.1, 0.15) is 12.3 Å². The van der Waals surface area contributed by atoms with E-state index in [1.54, 1.807) is 6.92 Å². The standard InChI is InChI=1S/C16H27N5O5S.CH2O2/c1-12-14(19-26-18-12)25-10-7-17-15(22)16-5-4-8-21(27(3,23)24)13(16)11-20(2)9-6-16;2-1-3/h13H,4-11H2,1-3H3,(H,17,22);1H,(H,2,3)/t13-,16+;/m0./s1. The third-order valence-corrected chi connectivity index (χ3v) is 6.82. The third kappa shape index (κ3) is 5.46. The zero-order valence-electron chi connectivity index (χ0n) is 17.4. The SMILES string of the molecule is Cc1nonc1OCCNC(=O)[C@@]12CCCN(S(C)(=O)=O)[C@H]1CN(C)CC2.O=CO. The first-order valence-electron chi connectivity index (χ1n) is 9.59. The molecular formula is C17H29N5O7S. The number of hydrogen-bond acceptors (Lipinski definition) is 9. The summed E-state index contributed by atoms with van der Waals surface area (Å²) < 4.78 is 36.1. The zero-order valence-corrected chi connectivity index (χ0v) is 18.2. The number of amides is 1. The lowest BCUT2D eigenvalue weighted by molar-refractivity contribution is -0.141. The van der Waals surface area contributed by atoms with Crippen molar-refractivity contribution in [1.82, 2.24) is 24.8 Å². The van der Waals surface area contributed by atoms with Crippen LogP contribution >= 0.6 is 0 Å². The van der Waals surface area contributed by atoms with Gasteiger partial charge in [0.2, 0.25) is 15.9 Å². The Morgan fingerprint density at radius 2 is 2.10 bits per heavy atom. The lowest BCUT2D eigenvalue weighted by atomic mass is 9.68. The van der Waals surface area contributed by atoms with Crippen molar-refractivity contribution >= 4 is 22.4 Å². The second kappa shape index (κ2) is 10.2. The van der Waals surface area contributed by atoms with Crippen LogP contribution < -0.4 is 10.1 Å². The summed E-state index contributed by atoms with van der Waals surface area (Å²) in [6, 6.07) is -0.345. The fraction of sp³-hybridized carbons (Fsp3) is 0.765. The number of carboxylic acid groups (broad SMARTS) is 1. The number of ether oxygens (including phenoxy) is 1. The molecule has 0 aliphatic carbocycles. The predicted molar refractivity (Wildman–Crippen MR) is 105 cm³/mol. The van der Waals surface area contributed by atoms with Gasteiger partial charge in [-0.05, 0) is 44.9 Å². The van der Waals surface area contributed by atoms with Gasteiger partial charge in [0.05, 0.1) is 24.3 Å². The van der Waals surface area contributed by atoms with Crippen molar-refractivity contribution in [2.75, 3.05) is 46.1 Å². The van der Waals surface area contributed by atoms with Crippen LogP contribution in [0.2, 0.25) is 0 Å². The molecule has 13 heteroatoms. The average Bonchev–Trinajstić information content (AvgIpc) is 3.09. The molecule has 0 spiro atoms. The summed E-state index contributed by atoms with van der Waals surface area (Å²) in [7, 11) is -1.42. The normalized spacial score (nSPS) is 24.8. The van der Waals surface area contributed by atoms with Crippen molar-refractivity contribution < 1.29 is 32.5 Å². The van der Waals surface area contributed by atoms with Gasteiger partial charge in [-0.25, -0.2) is 13.0 Å². The van der Waals surface area contributed by atoms with E-state index >= 15 is 0 Å². The molecule has 1 aromatic heterocycles. The van der Waals surface area contributed by atoms with E-state index in [0.717, 1.165) is 6.54 Å². The molecular weight excluding hydrogens is 418 g/mol. The summed E-state index contributed by atoms with van der Waals surface area (Å²) in [5.74, 6) is 0.202. The molecule has 2 aliphatic rings. The highest BCUT2D eigenvalue weighted by atomic mass is 32.2. The smallest absolute Gasteiger partial charge is 0.290 e. The molecule has 0 bridgehead atoms. The molecule has 1 amide bonds. The van der Waals surface area contributed by atoms with E-state index in [1.165, 1.54) is 10.6 Å². The maximum atomic E-state index is 13.1. The largest absolute Gasteiger partial charge is 0.483 e. The molecule has 1 aromatic rings. The molecule has 2 N–H and O–H groups in total. The van der Waals surface area contributed by atoms with Crippen molar-refractivity contribution in [3.05, 3.63) is 5.69 Å². The summed E-state index contributed by atoms with van der Waals surface area (Å²) in [4.78, 5) is 23.6. The number of nitrogens with one attached hydrogen (secondary N) is 1. The number of aromatic nitrogens is 2.